The van der Waals surface area contributed by atoms with Crippen LogP contribution in [0.5, 0.6) is 0 Å². The number of piperidine rings is 1. The van der Waals surface area contributed by atoms with E-state index < -0.39 is 5.97 Å². The average molecular weight is 268 g/mol. The van der Waals surface area contributed by atoms with Gasteiger partial charge in [0.1, 0.15) is 0 Å². The number of carbonyl (C=O) groups is 1. The Morgan fingerprint density at radius 2 is 2.05 bits per heavy atom. The molecule has 2 atom stereocenters. The van der Waals surface area contributed by atoms with Crippen LogP contribution in [0.4, 0.5) is 0 Å². The van der Waals surface area contributed by atoms with Gasteiger partial charge in [-0.05, 0) is 59.5 Å². The first kappa shape index (κ1) is 14.8. The number of aliphatic carboxylic acids is 1. The van der Waals surface area contributed by atoms with Crippen molar-refractivity contribution >= 4 is 5.97 Å². The molecule has 2 saturated heterocycles. The SMILES string of the molecule is CC(C)(C)N(CCC(=O)O)C1CCN2CCCC2C1. The average Bonchev–Trinajstić information content (AvgIpc) is 2.74. The highest BCUT2D eigenvalue weighted by Gasteiger charge is 2.37. The number of rotatable bonds is 4. The van der Waals surface area contributed by atoms with Gasteiger partial charge in [0.2, 0.25) is 0 Å². The molecule has 2 rings (SSSR count). The maximum atomic E-state index is 10.9. The molecular weight excluding hydrogens is 240 g/mol. The largest absolute Gasteiger partial charge is 0.481 e. The van der Waals surface area contributed by atoms with E-state index >= 15 is 0 Å². The van der Waals surface area contributed by atoms with Crippen LogP contribution in [0.3, 0.4) is 0 Å². The molecule has 2 aliphatic heterocycles. The molecule has 110 valence electrons. The van der Waals surface area contributed by atoms with E-state index in [0.717, 1.165) is 6.04 Å². The van der Waals surface area contributed by atoms with Crippen LogP contribution in [0, 0.1) is 0 Å². The minimum Gasteiger partial charge on any atom is -0.481 e. The zero-order valence-corrected chi connectivity index (χ0v) is 12.6. The van der Waals surface area contributed by atoms with Gasteiger partial charge >= 0.3 is 5.97 Å². The highest BCUT2D eigenvalue weighted by atomic mass is 16.4. The lowest BCUT2D eigenvalue weighted by molar-refractivity contribution is -0.138. The molecular formula is C15H28N2O2. The zero-order valence-electron chi connectivity index (χ0n) is 12.6. The van der Waals surface area contributed by atoms with Crippen LogP contribution in [0.2, 0.25) is 0 Å². The molecule has 0 bridgehead atoms. The van der Waals surface area contributed by atoms with Crippen molar-refractivity contribution in [3.63, 3.8) is 0 Å². The lowest BCUT2D eigenvalue weighted by atomic mass is 9.92. The predicted octanol–water partition coefficient (Wildman–Crippen LogP) is 2.19. The number of nitrogens with zero attached hydrogens (tertiary/aromatic N) is 2. The van der Waals surface area contributed by atoms with Crippen molar-refractivity contribution in [3.05, 3.63) is 0 Å². The maximum Gasteiger partial charge on any atom is 0.304 e. The monoisotopic (exact) mass is 268 g/mol. The summed E-state index contributed by atoms with van der Waals surface area (Å²) < 4.78 is 0. The molecule has 0 amide bonds. The van der Waals surface area contributed by atoms with Crippen molar-refractivity contribution in [1.29, 1.82) is 0 Å². The molecule has 2 aliphatic rings. The number of hydrogen-bond donors (Lipinski definition) is 1. The fraction of sp³-hybridized carbons (Fsp3) is 0.933. The van der Waals surface area contributed by atoms with E-state index in [1.807, 2.05) is 0 Å². The van der Waals surface area contributed by atoms with Gasteiger partial charge in [0, 0.05) is 24.2 Å². The van der Waals surface area contributed by atoms with Gasteiger partial charge in [-0.2, -0.15) is 0 Å². The fourth-order valence-corrected chi connectivity index (χ4v) is 3.77. The smallest absolute Gasteiger partial charge is 0.304 e. The Labute approximate surface area is 116 Å². The Bertz CT molecular complexity index is 325. The van der Waals surface area contributed by atoms with Crippen molar-refractivity contribution in [2.45, 2.75) is 70.5 Å². The molecule has 1 N–H and O–H groups in total. The molecule has 19 heavy (non-hydrogen) atoms. The molecule has 0 aromatic heterocycles. The molecule has 2 unspecified atom stereocenters. The normalized spacial score (nSPS) is 28.6. The second kappa shape index (κ2) is 5.80. The number of carboxylic acid groups (broad SMARTS) is 1. The van der Waals surface area contributed by atoms with Crippen molar-refractivity contribution in [2.75, 3.05) is 19.6 Å². The minimum absolute atomic E-state index is 0.0564. The molecule has 4 nitrogen and oxygen atoms in total. The van der Waals surface area contributed by atoms with Gasteiger partial charge in [-0.3, -0.25) is 9.69 Å². The summed E-state index contributed by atoms with van der Waals surface area (Å²) >= 11 is 0. The molecule has 0 aliphatic carbocycles. The quantitative estimate of drug-likeness (QED) is 0.849. The Morgan fingerprint density at radius 1 is 1.32 bits per heavy atom. The molecule has 0 saturated carbocycles. The van der Waals surface area contributed by atoms with Gasteiger partial charge in [0.05, 0.1) is 6.42 Å². The van der Waals surface area contributed by atoms with Crippen molar-refractivity contribution < 1.29 is 9.90 Å². The number of hydrogen-bond acceptors (Lipinski definition) is 3. The van der Waals surface area contributed by atoms with E-state index in [0.29, 0.717) is 12.6 Å². The second-order valence-corrected chi connectivity index (χ2v) is 7.02. The summed E-state index contributed by atoms with van der Waals surface area (Å²) in [5, 5.41) is 8.94. The lowest BCUT2D eigenvalue weighted by Gasteiger charge is -2.46. The third-order valence-corrected chi connectivity index (χ3v) is 4.66. The second-order valence-electron chi connectivity index (χ2n) is 7.02. The molecule has 0 aromatic rings. The molecule has 4 heteroatoms. The first-order valence-corrected chi connectivity index (χ1v) is 7.60. The molecule has 0 spiro atoms. The van der Waals surface area contributed by atoms with Crippen LogP contribution in [0.25, 0.3) is 0 Å². The topological polar surface area (TPSA) is 43.8 Å². The van der Waals surface area contributed by atoms with Gasteiger partial charge in [-0.25, -0.2) is 0 Å². The standard InChI is InChI=1S/C15H28N2O2/c1-15(2,3)17(10-7-14(18)19)13-6-9-16-8-4-5-12(16)11-13/h12-13H,4-11H2,1-3H3,(H,18,19). The van der Waals surface area contributed by atoms with Crippen LogP contribution >= 0.6 is 0 Å². The molecule has 2 heterocycles. The molecule has 2 fully saturated rings. The predicted molar refractivity (Wildman–Crippen MR) is 76.3 cm³/mol. The van der Waals surface area contributed by atoms with E-state index in [4.69, 9.17) is 5.11 Å². The summed E-state index contributed by atoms with van der Waals surface area (Å²) in [7, 11) is 0. The Kier molecular flexibility index (Phi) is 4.51. The number of carboxylic acids is 1. The van der Waals surface area contributed by atoms with Crippen molar-refractivity contribution in [2.24, 2.45) is 0 Å². The van der Waals surface area contributed by atoms with Gasteiger partial charge in [0.25, 0.3) is 0 Å². The lowest BCUT2D eigenvalue weighted by Crippen LogP contribution is -2.54. The fourth-order valence-electron chi connectivity index (χ4n) is 3.77. The van der Waals surface area contributed by atoms with Gasteiger partial charge in [0.15, 0.2) is 0 Å². The van der Waals surface area contributed by atoms with E-state index in [1.54, 1.807) is 0 Å². The Balaban J connectivity index is 1.99. The summed E-state index contributed by atoms with van der Waals surface area (Å²) in [6, 6.07) is 1.30. The Morgan fingerprint density at radius 3 is 2.68 bits per heavy atom. The van der Waals surface area contributed by atoms with Crippen LogP contribution in [-0.2, 0) is 4.79 Å². The highest BCUT2D eigenvalue weighted by Crippen LogP contribution is 2.32. The zero-order chi connectivity index (χ0) is 14.0. The van der Waals surface area contributed by atoms with Crippen LogP contribution in [0.1, 0.15) is 52.9 Å². The number of fused-ring (bicyclic) bond motifs is 1. The van der Waals surface area contributed by atoms with Gasteiger partial charge in [-0.15, -0.1) is 0 Å². The van der Waals surface area contributed by atoms with Crippen LogP contribution < -0.4 is 0 Å². The summed E-state index contributed by atoms with van der Waals surface area (Å²) in [4.78, 5) is 15.9. The summed E-state index contributed by atoms with van der Waals surface area (Å²) in [6.07, 6.45) is 5.32. The minimum atomic E-state index is -0.687. The molecule has 0 aromatic carbocycles. The van der Waals surface area contributed by atoms with Gasteiger partial charge < -0.3 is 10.0 Å². The van der Waals surface area contributed by atoms with E-state index in [9.17, 15) is 4.79 Å². The summed E-state index contributed by atoms with van der Waals surface area (Å²) in [6.45, 7) is 9.74. The van der Waals surface area contributed by atoms with Crippen molar-refractivity contribution in [1.82, 2.24) is 9.80 Å². The summed E-state index contributed by atoms with van der Waals surface area (Å²) in [5.74, 6) is -0.687. The first-order chi connectivity index (χ1) is 8.88. The van der Waals surface area contributed by atoms with E-state index in [2.05, 4.69) is 30.6 Å². The molecule has 0 radical (unpaired) electrons. The van der Waals surface area contributed by atoms with E-state index in [1.165, 1.54) is 38.8 Å². The highest BCUT2D eigenvalue weighted by molar-refractivity contribution is 5.66. The third-order valence-electron chi connectivity index (χ3n) is 4.66. The third kappa shape index (κ3) is 3.69. The van der Waals surface area contributed by atoms with Crippen molar-refractivity contribution in [3.8, 4) is 0 Å². The van der Waals surface area contributed by atoms with Gasteiger partial charge in [-0.1, -0.05) is 0 Å². The maximum absolute atomic E-state index is 10.9. The Hall–Kier alpha value is -0.610. The van der Waals surface area contributed by atoms with Crippen LogP contribution in [0.15, 0.2) is 0 Å². The van der Waals surface area contributed by atoms with E-state index in [-0.39, 0.29) is 12.0 Å². The first-order valence-electron chi connectivity index (χ1n) is 7.60. The summed E-state index contributed by atoms with van der Waals surface area (Å²) in [5.41, 5.74) is 0.0564. The van der Waals surface area contributed by atoms with Crippen LogP contribution in [-0.4, -0.2) is 58.1 Å².